The number of fused-ring (bicyclic) bond motifs is 6. The van der Waals surface area contributed by atoms with Gasteiger partial charge < -0.3 is 35.0 Å². The fourth-order valence-electron chi connectivity index (χ4n) is 9.93. The van der Waals surface area contributed by atoms with Crippen molar-refractivity contribution in [3.8, 4) is 33.5 Å². The number of hydrogen-bond donors (Lipinski definition) is 4. The average Bonchev–Trinajstić information content (AvgIpc) is 4.08. The maximum absolute atomic E-state index is 16.3. The van der Waals surface area contributed by atoms with E-state index < -0.39 is 18.1 Å². The zero-order chi connectivity index (χ0) is 37.4. The predicted molar refractivity (Wildman–Crippen MR) is 201 cm³/mol. The van der Waals surface area contributed by atoms with E-state index in [2.05, 4.69) is 25.6 Å². The summed E-state index contributed by atoms with van der Waals surface area (Å²) in [6.45, 7) is 2.03. The maximum Gasteiger partial charge on any atom is 0.407 e. The van der Waals surface area contributed by atoms with Gasteiger partial charge in [0.05, 0.1) is 42.1 Å². The first-order chi connectivity index (χ1) is 26.8. The van der Waals surface area contributed by atoms with Gasteiger partial charge in [-0.25, -0.2) is 14.8 Å². The molecule has 55 heavy (non-hydrogen) atoms. The fourth-order valence-corrected chi connectivity index (χ4v) is 9.93. The van der Waals surface area contributed by atoms with Crippen LogP contribution in [0, 0.1) is 11.8 Å². The molecule has 3 aromatic carbocycles. The highest BCUT2D eigenvalue weighted by Gasteiger charge is 2.52. The Balaban J connectivity index is 0.930. The summed E-state index contributed by atoms with van der Waals surface area (Å²) in [6.07, 6.45) is 7.31. The molecule has 2 bridgehead atoms. The van der Waals surface area contributed by atoms with Gasteiger partial charge in [0.15, 0.2) is 0 Å². The summed E-state index contributed by atoms with van der Waals surface area (Å²) in [7, 11) is 1.30. The fraction of sp³-hybridized carbons (Fsp3) is 0.429. The van der Waals surface area contributed by atoms with E-state index in [0.717, 1.165) is 66.8 Å². The van der Waals surface area contributed by atoms with Gasteiger partial charge in [-0.15, -0.1) is 0 Å². The summed E-state index contributed by atoms with van der Waals surface area (Å²) < 4.78 is 43.1. The number of carbonyl (C=O) groups excluding carboxylic acids is 2. The van der Waals surface area contributed by atoms with Crippen LogP contribution in [0.1, 0.15) is 79.8 Å². The number of carbonyl (C=O) groups is 2. The Hall–Kier alpha value is -5.14. The third kappa shape index (κ3) is 5.73. The molecule has 10 rings (SSSR count). The molecule has 5 aliphatic rings. The molecule has 11 nitrogen and oxygen atoms in total. The molecule has 0 spiro atoms. The normalized spacial score (nSPS) is 24.6. The molecule has 1 saturated carbocycles. The molecule has 2 aromatic heterocycles. The van der Waals surface area contributed by atoms with Crippen LogP contribution in [0.25, 0.3) is 44.5 Å². The summed E-state index contributed by atoms with van der Waals surface area (Å²) >= 11 is 0. The van der Waals surface area contributed by atoms with Crippen molar-refractivity contribution in [1.82, 2.24) is 35.5 Å². The molecule has 0 radical (unpaired) electrons. The summed E-state index contributed by atoms with van der Waals surface area (Å²) in [6, 6.07) is 15.6. The van der Waals surface area contributed by atoms with Gasteiger partial charge in [-0.3, -0.25) is 4.79 Å². The quantitative estimate of drug-likeness (QED) is 0.137. The molecule has 5 atom stereocenters. The number of H-pyrrole nitrogens is 2. The third-order valence-electron chi connectivity index (χ3n) is 12.7. The van der Waals surface area contributed by atoms with Gasteiger partial charge in [-0.1, -0.05) is 30.3 Å². The number of methoxy groups -OCH3 is 1. The van der Waals surface area contributed by atoms with Gasteiger partial charge in [-0.2, -0.15) is 8.78 Å². The van der Waals surface area contributed by atoms with Gasteiger partial charge in [0.25, 0.3) is 5.92 Å². The standard InChI is InChI=1S/C42H43F2N7O4/c1-54-41(53)50-36(22-12-15-55-16-13-22)40(52)51-27-8-4-26(17-27)37(51)39-47-32-11-7-24(20-34(32)48-39)23-5-9-28-29-10-6-25(19-31(29)42(43,44)30(28)18-23)35-21-46-38(49-35)33-3-2-14-45-33/h5-7,9-11,18-22,26-27,33,36-37,45H,2-4,8,12-17H2,1H3,(H,46,49)(H,47,48)(H,50,53)/t26-,27?,33+,36-,37-/m0/s1. The number of aromatic amines is 2. The van der Waals surface area contributed by atoms with Crippen molar-refractivity contribution in [2.45, 2.75) is 75.0 Å². The molecule has 3 saturated heterocycles. The highest BCUT2D eigenvalue weighted by molar-refractivity contribution is 5.88. The summed E-state index contributed by atoms with van der Waals surface area (Å²) in [4.78, 5) is 45.2. The number of alkyl halides is 2. The van der Waals surface area contributed by atoms with Crippen molar-refractivity contribution in [2.75, 3.05) is 26.9 Å². The Kier molecular flexibility index (Phi) is 8.29. The second-order valence-electron chi connectivity index (χ2n) is 15.8. The van der Waals surface area contributed by atoms with Crippen LogP contribution >= 0.6 is 0 Å². The minimum atomic E-state index is -3.18. The van der Waals surface area contributed by atoms with Gasteiger partial charge in [0, 0.05) is 35.9 Å². The predicted octanol–water partition coefficient (Wildman–Crippen LogP) is 7.37. The number of hydrogen-bond acceptors (Lipinski definition) is 7. The van der Waals surface area contributed by atoms with E-state index in [1.54, 1.807) is 30.5 Å². The van der Waals surface area contributed by atoms with Crippen LogP contribution in [0.15, 0.2) is 60.8 Å². The van der Waals surface area contributed by atoms with E-state index in [0.29, 0.717) is 54.1 Å². The smallest absolute Gasteiger partial charge is 0.407 e. The number of imidazole rings is 2. The third-order valence-corrected chi connectivity index (χ3v) is 12.7. The maximum atomic E-state index is 16.3. The largest absolute Gasteiger partial charge is 0.453 e. The number of nitrogens with zero attached hydrogens (tertiary/aromatic N) is 3. The molecule has 284 valence electrons. The first kappa shape index (κ1) is 34.4. The number of amides is 2. The second-order valence-corrected chi connectivity index (χ2v) is 15.8. The molecule has 4 fully saturated rings. The number of halogens is 2. The van der Waals surface area contributed by atoms with E-state index in [4.69, 9.17) is 14.5 Å². The monoisotopic (exact) mass is 747 g/mol. The number of rotatable bonds is 7. The first-order valence-electron chi connectivity index (χ1n) is 19.5. The second kappa shape index (κ2) is 13.3. The Bertz CT molecular complexity index is 2310. The minimum Gasteiger partial charge on any atom is -0.453 e. The highest BCUT2D eigenvalue weighted by atomic mass is 19.3. The molecule has 13 heteroatoms. The number of ether oxygens (including phenoxy) is 2. The van der Waals surface area contributed by atoms with Crippen molar-refractivity contribution < 1.29 is 27.8 Å². The number of nitrogens with one attached hydrogen (secondary N) is 4. The topological polar surface area (TPSA) is 137 Å². The lowest BCUT2D eigenvalue weighted by Gasteiger charge is -2.39. The van der Waals surface area contributed by atoms with Gasteiger partial charge >= 0.3 is 6.09 Å². The lowest BCUT2D eigenvalue weighted by molar-refractivity contribution is -0.140. The van der Waals surface area contributed by atoms with E-state index in [-0.39, 0.29) is 47.0 Å². The molecule has 1 unspecified atom stereocenters. The summed E-state index contributed by atoms with van der Waals surface area (Å²) in [5.74, 6) is -1.58. The number of likely N-dealkylation sites (tertiary alicyclic amines) is 1. The number of piperidine rings is 1. The Morgan fingerprint density at radius 2 is 1.67 bits per heavy atom. The van der Waals surface area contributed by atoms with Crippen LogP contribution in [0.5, 0.6) is 0 Å². The molecule has 4 N–H and O–H groups in total. The van der Waals surface area contributed by atoms with Crippen LogP contribution in [0.3, 0.4) is 0 Å². The van der Waals surface area contributed by atoms with Crippen LogP contribution < -0.4 is 10.6 Å². The first-order valence-corrected chi connectivity index (χ1v) is 19.5. The van der Waals surface area contributed by atoms with Crippen molar-refractivity contribution in [3.63, 3.8) is 0 Å². The molecular formula is C42H43F2N7O4. The Labute approximate surface area is 316 Å². The molecular weight excluding hydrogens is 705 g/mol. The van der Waals surface area contributed by atoms with Gasteiger partial charge in [-0.05, 0) is 110 Å². The van der Waals surface area contributed by atoms with Crippen LogP contribution in [0.4, 0.5) is 13.6 Å². The number of alkyl carbamates (subject to hydrolysis) is 1. The van der Waals surface area contributed by atoms with Crippen LogP contribution in [-0.4, -0.2) is 75.8 Å². The number of aromatic nitrogens is 4. The van der Waals surface area contributed by atoms with E-state index in [9.17, 15) is 9.59 Å². The zero-order valence-corrected chi connectivity index (χ0v) is 30.5. The Morgan fingerprint density at radius 1 is 0.927 bits per heavy atom. The lowest BCUT2D eigenvalue weighted by atomic mass is 9.89. The minimum absolute atomic E-state index is 0.00763. The molecule has 5 heterocycles. The molecule has 3 aliphatic heterocycles. The lowest BCUT2D eigenvalue weighted by Crippen LogP contribution is -2.55. The van der Waals surface area contributed by atoms with Crippen molar-refractivity contribution in [2.24, 2.45) is 11.8 Å². The van der Waals surface area contributed by atoms with Crippen LogP contribution in [-0.2, 0) is 20.2 Å². The van der Waals surface area contributed by atoms with Crippen molar-refractivity contribution >= 4 is 23.0 Å². The van der Waals surface area contributed by atoms with Crippen molar-refractivity contribution in [3.05, 3.63) is 83.6 Å². The van der Waals surface area contributed by atoms with E-state index in [1.807, 2.05) is 35.2 Å². The van der Waals surface area contributed by atoms with Crippen LogP contribution in [0.2, 0.25) is 0 Å². The van der Waals surface area contributed by atoms with Crippen molar-refractivity contribution in [1.29, 1.82) is 0 Å². The average molecular weight is 748 g/mol. The summed E-state index contributed by atoms with van der Waals surface area (Å²) in [5.41, 5.74) is 5.41. The SMILES string of the molecule is COC(=O)N[C@H](C(=O)N1C2CC[C@@H](C2)[C@H]1c1nc2ccc(-c3ccc4c(c3)C(F)(F)c3cc(-c5cnc([C@H]6CCCN6)[nH]5)ccc3-4)cc2[nH]1)C1CCOCC1. The molecule has 2 aliphatic carbocycles. The molecule has 5 aromatic rings. The Morgan fingerprint density at radius 3 is 2.44 bits per heavy atom. The molecule has 2 amide bonds. The summed E-state index contributed by atoms with van der Waals surface area (Å²) in [5, 5.41) is 6.28. The van der Waals surface area contributed by atoms with Gasteiger partial charge in [0.1, 0.15) is 17.7 Å². The highest BCUT2D eigenvalue weighted by Crippen LogP contribution is 2.53. The van der Waals surface area contributed by atoms with E-state index in [1.165, 1.54) is 7.11 Å². The number of benzene rings is 3. The van der Waals surface area contributed by atoms with Gasteiger partial charge in [0.2, 0.25) is 5.91 Å². The zero-order valence-electron chi connectivity index (χ0n) is 30.5. The van der Waals surface area contributed by atoms with E-state index >= 15 is 8.78 Å².